The van der Waals surface area contributed by atoms with Crippen molar-refractivity contribution < 1.29 is 4.79 Å². The van der Waals surface area contributed by atoms with E-state index in [1.807, 2.05) is 47.4 Å². The number of nitrogens with one attached hydrogen (secondary N) is 2. The Hall–Kier alpha value is -3.80. The molecule has 0 bridgehead atoms. The van der Waals surface area contributed by atoms with Gasteiger partial charge in [-0.25, -0.2) is 4.98 Å². The molecule has 0 unspecified atom stereocenters. The highest BCUT2D eigenvalue weighted by Gasteiger charge is 2.23. The van der Waals surface area contributed by atoms with Crippen LogP contribution in [0, 0.1) is 0 Å². The largest absolute Gasteiger partial charge is 0.351 e. The van der Waals surface area contributed by atoms with Gasteiger partial charge in [-0.1, -0.05) is 42.5 Å². The Bertz CT molecular complexity index is 1380. The molecule has 0 saturated carbocycles. The molecule has 1 aliphatic heterocycles. The molecule has 6 heteroatoms. The predicted molar refractivity (Wildman–Crippen MR) is 125 cm³/mol. The number of anilines is 1. The van der Waals surface area contributed by atoms with E-state index in [1.165, 1.54) is 10.8 Å². The second-order valence-corrected chi connectivity index (χ2v) is 8.14. The number of carbonyl (C=O) groups excluding carboxylic acids is 1. The number of hydrogen-bond acceptors (Lipinski definition) is 3. The van der Waals surface area contributed by atoms with E-state index in [9.17, 15) is 4.79 Å². The minimum atomic E-state index is 0.0618. The average molecular weight is 409 g/mol. The highest BCUT2D eigenvalue weighted by Crippen LogP contribution is 2.27. The summed E-state index contributed by atoms with van der Waals surface area (Å²) in [5, 5.41) is 3.45. The first-order valence-electron chi connectivity index (χ1n) is 10.8. The lowest BCUT2D eigenvalue weighted by atomic mass is 10.1. The van der Waals surface area contributed by atoms with Crippen LogP contribution in [-0.2, 0) is 0 Å². The Kier molecular flexibility index (Phi) is 4.16. The summed E-state index contributed by atoms with van der Waals surface area (Å²) in [4.78, 5) is 29.0. The van der Waals surface area contributed by atoms with Gasteiger partial charge in [0.25, 0.3) is 5.91 Å². The van der Waals surface area contributed by atoms with E-state index < -0.39 is 0 Å². The van der Waals surface area contributed by atoms with E-state index in [-0.39, 0.29) is 5.91 Å². The minimum absolute atomic E-state index is 0.0618. The third kappa shape index (κ3) is 3.11. The molecule has 2 aromatic heterocycles. The molecule has 1 amide bonds. The number of nitrogens with zero attached hydrogens (tertiary/aromatic N) is 3. The number of amides is 1. The molecule has 1 aliphatic rings. The van der Waals surface area contributed by atoms with E-state index in [0.29, 0.717) is 12.2 Å². The van der Waals surface area contributed by atoms with Gasteiger partial charge in [-0.2, -0.15) is 0 Å². The first-order valence-corrected chi connectivity index (χ1v) is 10.8. The van der Waals surface area contributed by atoms with Crippen LogP contribution in [-0.4, -0.2) is 51.9 Å². The van der Waals surface area contributed by atoms with E-state index in [0.717, 1.165) is 53.9 Å². The van der Waals surface area contributed by atoms with Crippen molar-refractivity contribution in [2.24, 2.45) is 0 Å². The molecule has 5 aromatic rings. The fourth-order valence-electron chi connectivity index (χ4n) is 4.59. The summed E-state index contributed by atoms with van der Waals surface area (Å²) in [6.45, 7) is 3.05. The van der Waals surface area contributed by atoms with Crippen molar-refractivity contribution >= 4 is 44.6 Å². The number of benzene rings is 3. The summed E-state index contributed by atoms with van der Waals surface area (Å²) < 4.78 is 0. The molecule has 1 saturated heterocycles. The van der Waals surface area contributed by atoms with Crippen LogP contribution < -0.4 is 4.90 Å². The number of H-pyrrole nitrogens is 2. The third-order valence-electron chi connectivity index (χ3n) is 6.22. The van der Waals surface area contributed by atoms with Crippen molar-refractivity contribution in [2.75, 3.05) is 31.1 Å². The molecular formula is C25H23N5O. The van der Waals surface area contributed by atoms with E-state index in [2.05, 4.69) is 39.1 Å². The Labute approximate surface area is 179 Å². The molecule has 3 aromatic carbocycles. The zero-order valence-corrected chi connectivity index (χ0v) is 17.1. The van der Waals surface area contributed by atoms with Crippen LogP contribution in [0.4, 0.5) is 5.95 Å². The van der Waals surface area contributed by atoms with Gasteiger partial charge in [0.2, 0.25) is 5.95 Å². The zero-order chi connectivity index (χ0) is 20.8. The lowest BCUT2D eigenvalue weighted by molar-refractivity contribution is 0.0762. The van der Waals surface area contributed by atoms with E-state index >= 15 is 0 Å². The molecule has 6 nitrogen and oxygen atoms in total. The Morgan fingerprint density at radius 3 is 2.61 bits per heavy atom. The van der Waals surface area contributed by atoms with E-state index in [4.69, 9.17) is 4.98 Å². The van der Waals surface area contributed by atoms with Crippen LogP contribution in [0.2, 0.25) is 0 Å². The molecule has 31 heavy (non-hydrogen) atoms. The van der Waals surface area contributed by atoms with Gasteiger partial charge in [-0.3, -0.25) is 4.79 Å². The molecule has 6 rings (SSSR count). The molecular weight excluding hydrogens is 386 g/mol. The molecule has 0 spiro atoms. The van der Waals surface area contributed by atoms with Crippen LogP contribution in [0.1, 0.15) is 16.9 Å². The topological polar surface area (TPSA) is 68.0 Å². The second kappa shape index (κ2) is 7.16. The van der Waals surface area contributed by atoms with Crippen molar-refractivity contribution in [3.8, 4) is 0 Å². The molecule has 1 fully saturated rings. The van der Waals surface area contributed by atoms with Gasteiger partial charge in [0.1, 0.15) is 5.69 Å². The lowest BCUT2D eigenvalue weighted by Gasteiger charge is -2.21. The number of rotatable bonds is 2. The molecule has 0 radical (unpaired) electrons. The number of carbonyl (C=O) groups is 1. The van der Waals surface area contributed by atoms with Crippen LogP contribution in [0.25, 0.3) is 32.7 Å². The average Bonchev–Trinajstić information content (AvgIpc) is 3.36. The summed E-state index contributed by atoms with van der Waals surface area (Å²) in [5.41, 5.74) is 3.67. The van der Waals surface area contributed by atoms with Crippen LogP contribution in [0.3, 0.4) is 0 Å². The summed E-state index contributed by atoms with van der Waals surface area (Å²) in [6.07, 6.45) is 0.909. The van der Waals surface area contributed by atoms with Crippen molar-refractivity contribution in [2.45, 2.75) is 6.42 Å². The SMILES string of the molecule is O=C(c1cc2c(ccc3ccccc32)[nH]1)N1CCCN(c2nc3ccccc3[nH]2)CC1. The molecule has 2 N–H and O–H groups in total. The van der Waals surface area contributed by atoms with Crippen molar-refractivity contribution in [3.63, 3.8) is 0 Å². The zero-order valence-electron chi connectivity index (χ0n) is 17.1. The van der Waals surface area contributed by atoms with Crippen molar-refractivity contribution in [1.82, 2.24) is 19.9 Å². The summed E-state index contributed by atoms with van der Waals surface area (Å²) >= 11 is 0. The molecule has 154 valence electrons. The third-order valence-corrected chi connectivity index (χ3v) is 6.22. The van der Waals surface area contributed by atoms with Gasteiger partial charge < -0.3 is 19.8 Å². The van der Waals surface area contributed by atoms with Gasteiger partial charge >= 0.3 is 0 Å². The smallest absolute Gasteiger partial charge is 0.270 e. The van der Waals surface area contributed by atoms with Gasteiger partial charge in [0.15, 0.2) is 0 Å². The molecule has 3 heterocycles. The number of aromatic nitrogens is 3. The standard InChI is InChI=1S/C25H23N5O/c31-24(23-16-19-18-7-2-1-6-17(18)10-11-20(19)26-23)29-12-5-13-30(15-14-29)25-27-21-8-3-4-9-22(21)28-25/h1-4,6-11,16,26H,5,12-15H2,(H,27,28). The Morgan fingerprint density at radius 1 is 0.806 bits per heavy atom. The summed E-state index contributed by atoms with van der Waals surface area (Å²) in [7, 11) is 0. The maximum Gasteiger partial charge on any atom is 0.270 e. The maximum absolute atomic E-state index is 13.3. The van der Waals surface area contributed by atoms with Gasteiger partial charge in [-0.15, -0.1) is 0 Å². The molecule has 0 atom stereocenters. The fourth-order valence-corrected chi connectivity index (χ4v) is 4.59. The quantitative estimate of drug-likeness (QED) is 0.449. The lowest BCUT2D eigenvalue weighted by Crippen LogP contribution is -2.35. The van der Waals surface area contributed by atoms with Crippen molar-refractivity contribution in [3.05, 3.63) is 72.4 Å². The van der Waals surface area contributed by atoms with Crippen LogP contribution in [0.15, 0.2) is 66.7 Å². The number of aromatic amines is 2. The number of fused-ring (bicyclic) bond motifs is 4. The van der Waals surface area contributed by atoms with Crippen LogP contribution in [0.5, 0.6) is 0 Å². The second-order valence-electron chi connectivity index (χ2n) is 8.14. The van der Waals surface area contributed by atoms with Gasteiger partial charge in [-0.05, 0) is 41.5 Å². The van der Waals surface area contributed by atoms with E-state index in [1.54, 1.807) is 0 Å². The Balaban J connectivity index is 1.24. The number of para-hydroxylation sites is 2. The van der Waals surface area contributed by atoms with Gasteiger partial charge in [0, 0.05) is 37.1 Å². The monoisotopic (exact) mass is 409 g/mol. The van der Waals surface area contributed by atoms with Crippen LogP contribution >= 0.6 is 0 Å². The minimum Gasteiger partial charge on any atom is -0.351 e. The maximum atomic E-state index is 13.3. The number of hydrogen-bond donors (Lipinski definition) is 2. The summed E-state index contributed by atoms with van der Waals surface area (Å²) in [6, 6.07) is 22.5. The molecule has 0 aliphatic carbocycles. The first-order chi connectivity index (χ1) is 15.3. The Morgan fingerprint density at radius 2 is 1.68 bits per heavy atom. The first kappa shape index (κ1) is 18.0. The highest BCUT2D eigenvalue weighted by molar-refractivity contribution is 6.09. The van der Waals surface area contributed by atoms with Crippen molar-refractivity contribution in [1.29, 1.82) is 0 Å². The number of imidazole rings is 1. The van der Waals surface area contributed by atoms with Gasteiger partial charge in [0.05, 0.1) is 11.0 Å². The normalized spacial score (nSPS) is 15.1. The summed E-state index contributed by atoms with van der Waals surface area (Å²) in [5.74, 6) is 0.944. The predicted octanol–water partition coefficient (Wildman–Crippen LogP) is 4.55. The fraction of sp³-hybridized carbons (Fsp3) is 0.200. The highest BCUT2D eigenvalue weighted by atomic mass is 16.2.